The second kappa shape index (κ2) is 7.15. The topological polar surface area (TPSA) is 52.1 Å². The number of ether oxygens (including phenoxy) is 1. The summed E-state index contributed by atoms with van der Waals surface area (Å²) in [6, 6.07) is 20.8. The van der Waals surface area contributed by atoms with E-state index in [1.54, 1.807) is 13.2 Å². The van der Waals surface area contributed by atoms with Gasteiger partial charge in [-0.15, -0.1) is 0 Å². The van der Waals surface area contributed by atoms with E-state index in [0.29, 0.717) is 23.2 Å². The van der Waals surface area contributed by atoms with Gasteiger partial charge in [-0.25, -0.2) is 4.98 Å². The van der Waals surface area contributed by atoms with Crippen LogP contribution < -0.4 is 4.74 Å². The first-order valence-electron chi connectivity index (χ1n) is 7.17. The summed E-state index contributed by atoms with van der Waals surface area (Å²) in [7, 11) is 0.409. The third-order valence-electron chi connectivity index (χ3n) is 3.28. The highest BCUT2D eigenvalue weighted by Crippen LogP contribution is 2.20. The lowest BCUT2D eigenvalue weighted by molar-refractivity contribution is 0.397. The molecule has 116 valence electrons. The summed E-state index contributed by atoms with van der Waals surface area (Å²) in [5, 5.41) is 0. The third kappa shape index (κ3) is 3.81. The number of hydrogen-bond donors (Lipinski definition) is 0. The van der Waals surface area contributed by atoms with Gasteiger partial charge in [0.25, 0.3) is 0 Å². The average Bonchev–Trinajstić information content (AvgIpc) is 2.63. The van der Waals surface area contributed by atoms with Crippen molar-refractivity contribution in [2.75, 3.05) is 7.11 Å². The van der Waals surface area contributed by atoms with E-state index >= 15 is 0 Å². The third-order valence-corrected chi connectivity index (χ3v) is 4.64. The lowest BCUT2D eigenvalue weighted by atomic mass is 10.2. The molecule has 23 heavy (non-hydrogen) atoms. The van der Waals surface area contributed by atoms with Gasteiger partial charge >= 0.3 is 0 Å². The van der Waals surface area contributed by atoms with E-state index in [4.69, 9.17) is 4.74 Å². The van der Waals surface area contributed by atoms with Crippen molar-refractivity contribution >= 4 is 10.8 Å². The lowest BCUT2D eigenvalue weighted by Crippen LogP contribution is -2.03. The van der Waals surface area contributed by atoms with Crippen LogP contribution in [-0.4, -0.2) is 21.3 Å². The van der Waals surface area contributed by atoms with E-state index in [2.05, 4.69) is 9.97 Å². The number of aromatic nitrogens is 2. The van der Waals surface area contributed by atoms with Gasteiger partial charge in [-0.1, -0.05) is 48.5 Å². The molecule has 0 aliphatic rings. The first kappa shape index (κ1) is 15.4. The average molecular weight is 324 g/mol. The number of methoxy groups -OCH3 is 1. The molecule has 4 nitrogen and oxygen atoms in total. The fourth-order valence-corrected chi connectivity index (χ4v) is 3.20. The first-order valence-corrected chi connectivity index (χ1v) is 8.49. The normalized spacial score (nSPS) is 11.9. The van der Waals surface area contributed by atoms with Crippen LogP contribution in [0.2, 0.25) is 0 Å². The molecule has 0 saturated heterocycles. The Morgan fingerprint density at radius 2 is 1.61 bits per heavy atom. The van der Waals surface area contributed by atoms with Crippen LogP contribution in [0.15, 0.2) is 71.6 Å². The van der Waals surface area contributed by atoms with Crippen molar-refractivity contribution in [3.05, 3.63) is 72.4 Å². The highest BCUT2D eigenvalue weighted by molar-refractivity contribution is 7.84. The minimum Gasteiger partial charge on any atom is -0.481 e. The SMILES string of the molecule is COc1cc(C[S@@](=O)c2ccccc2)nc(-c2ccccc2)n1. The summed E-state index contributed by atoms with van der Waals surface area (Å²) in [5.74, 6) is 1.37. The zero-order valence-electron chi connectivity index (χ0n) is 12.7. The van der Waals surface area contributed by atoms with Gasteiger partial charge in [0.1, 0.15) is 0 Å². The first-order chi connectivity index (χ1) is 11.3. The summed E-state index contributed by atoms with van der Waals surface area (Å²) in [6.07, 6.45) is 0. The molecular weight excluding hydrogens is 308 g/mol. The van der Waals surface area contributed by atoms with Crippen molar-refractivity contribution in [3.63, 3.8) is 0 Å². The van der Waals surface area contributed by atoms with Crippen molar-refractivity contribution in [3.8, 4) is 17.3 Å². The van der Waals surface area contributed by atoms with Crippen LogP contribution in [0.1, 0.15) is 5.69 Å². The van der Waals surface area contributed by atoms with Crippen molar-refractivity contribution in [2.24, 2.45) is 0 Å². The Morgan fingerprint density at radius 1 is 0.957 bits per heavy atom. The van der Waals surface area contributed by atoms with Crippen molar-refractivity contribution in [1.29, 1.82) is 0 Å². The maximum Gasteiger partial charge on any atom is 0.216 e. The second-order valence-electron chi connectivity index (χ2n) is 4.89. The molecule has 0 bridgehead atoms. The molecular formula is C18H16N2O2S. The summed E-state index contributed by atoms with van der Waals surface area (Å²) >= 11 is 0. The van der Waals surface area contributed by atoms with Gasteiger partial charge in [0.05, 0.1) is 29.4 Å². The zero-order valence-corrected chi connectivity index (χ0v) is 13.5. The molecule has 5 heteroatoms. The summed E-state index contributed by atoms with van der Waals surface area (Å²) in [5.41, 5.74) is 1.59. The lowest BCUT2D eigenvalue weighted by Gasteiger charge is -2.07. The number of nitrogens with zero attached hydrogens (tertiary/aromatic N) is 2. The Bertz CT molecular complexity index is 808. The quantitative estimate of drug-likeness (QED) is 0.721. The highest BCUT2D eigenvalue weighted by atomic mass is 32.2. The van der Waals surface area contributed by atoms with E-state index in [1.807, 2.05) is 60.7 Å². The molecule has 0 N–H and O–H groups in total. The molecule has 0 aliphatic carbocycles. The highest BCUT2D eigenvalue weighted by Gasteiger charge is 2.11. The van der Waals surface area contributed by atoms with Crippen LogP contribution in [0.5, 0.6) is 5.88 Å². The predicted molar refractivity (Wildman–Crippen MR) is 90.6 cm³/mol. The van der Waals surface area contributed by atoms with Crippen LogP contribution in [-0.2, 0) is 16.6 Å². The fraction of sp³-hybridized carbons (Fsp3) is 0.111. The molecule has 0 spiro atoms. The maximum atomic E-state index is 12.5. The van der Waals surface area contributed by atoms with Gasteiger partial charge < -0.3 is 4.74 Å². The van der Waals surface area contributed by atoms with Gasteiger partial charge in [0, 0.05) is 16.5 Å². The minimum atomic E-state index is -1.16. The van der Waals surface area contributed by atoms with E-state index in [0.717, 1.165) is 10.5 Å². The molecule has 0 amide bonds. The maximum absolute atomic E-state index is 12.5. The molecule has 0 aliphatic heterocycles. The zero-order chi connectivity index (χ0) is 16.1. The van der Waals surface area contributed by atoms with Crippen molar-refractivity contribution in [1.82, 2.24) is 9.97 Å². The molecule has 1 heterocycles. The van der Waals surface area contributed by atoms with E-state index in [-0.39, 0.29) is 0 Å². The number of benzene rings is 2. The Labute approximate surface area is 137 Å². The molecule has 3 rings (SSSR count). The van der Waals surface area contributed by atoms with Crippen LogP contribution in [0, 0.1) is 0 Å². The number of rotatable bonds is 5. The van der Waals surface area contributed by atoms with Gasteiger partial charge in [-0.05, 0) is 12.1 Å². The van der Waals surface area contributed by atoms with Crippen LogP contribution in [0.3, 0.4) is 0 Å². The van der Waals surface area contributed by atoms with E-state index < -0.39 is 10.8 Å². The summed E-state index contributed by atoms with van der Waals surface area (Å²) < 4.78 is 17.7. The van der Waals surface area contributed by atoms with Gasteiger partial charge in [-0.3, -0.25) is 4.21 Å². The summed E-state index contributed by atoms with van der Waals surface area (Å²) in [6.45, 7) is 0. The second-order valence-corrected chi connectivity index (χ2v) is 6.35. The standard InChI is InChI=1S/C18H16N2O2S/c1-22-17-12-15(13-23(21)16-10-6-3-7-11-16)19-18(20-17)14-8-4-2-5-9-14/h2-12H,13H2,1H3/t23-/m1/s1. The van der Waals surface area contributed by atoms with Gasteiger partial charge in [-0.2, -0.15) is 4.98 Å². The largest absolute Gasteiger partial charge is 0.481 e. The minimum absolute atomic E-state index is 0.322. The molecule has 1 atom stereocenters. The van der Waals surface area contributed by atoms with E-state index in [9.17, 15) is 4.21 Å². The molecule has 0 fully saturated rings. The number of hydrogen-bond acceptors (Lipinski definition) is 4. The van der Waals surface area contributed by atoms with Gasteiger partial charge in [0.2, 0.25) is 5.88 Å². The Hall–Kier alpha value is -2.53. The molecule has 1 aromatic heterocycles. The molecule has 2 aromatic carbocycles. The molecule has 0 saturated carbocycles. The molecule has 0 radical (unpaired) electrons. The van der Waals surface area contributed by atoms with Crippen LogP contribution in [0.25, 0.3) is 11.4 Å². The Balaban J connectivity index is 1.92. The monoisotopic (exact) mass is 324 g/mol. The fourth-order valence-electron chi connectivity index (χ4n) is 2.16. The predicted octanol–water partition coefficient (Wildman–Crippen LogP) is 3.46. The molecule has 0 unspecified atom stereocenters. The Morgan fingerprint density at radius 3 is 2.26 bits per heavy atom. The molecule has 3 aromatic rings. The van der Waals surface area contributed by atoms with Crippen LogP contribution >= 0.6 is 0 Å². The van der Waals surface area contributed by atoms with Crippen molar-refractivity contribution < 1.29 is 8.95 Å². The summed E-state index contributed by atoms with van der Waals surface area (Å²) in [4.78, 5) is 9.69. The smallest absolute Gasteiger partial charge is 0.216 e. The van der Waals surface area contributed by atoms with Crippen LogP contribution in [0.4, 0.5) is 0 Å². The Kier molecular flexibility index (Phi) is 4.78. The van der Waals surface area contributed by atoms with Gasteiger partial charge in [0.15, 0.2) is 5.82 Å². The van der Waals surface area contributed by atoms with Crippen molar-refractivity contribution in [2.45, 2.75) is 10.6 Å². The van der Waals surface area contributed by atoms with E-state index in [1.165, 1.54) is 0 Å².